The normalized spacial score (nSPS) is 16.4. The Morgan fingerprint density at radius 1 is 1.15 bits per heavy atom. The summed E-state index contributed by atoms with van der Waals surface area (Å²) in [6.07, 6.45) is 0.926. The molecule has 1 aliphatic rings. The fourth-order valence-electron chi connectivity index (χ4n) is 3.28. The summed E-state index contributed by atoms with van der Waals surface area (Å²) in [5.41, 5.74) is 1.92. The minimum atomic E-state index is -0.499. The van der Waals surface area contributed by atoms with Crippen molar-refractivity contribution in [2.45, 2.75) is 19.4 Å². The number of aromatic nitrogens is 1. The Labute approximate surface area is 163 Å². The molecule has 2 N–H and O–H groups in total. The van der Waals surface area contributed by atoms with Gasteiger partial charge in [-0.15, -0.1) is 11.3 Å². The molecule has 1 fully saturated rings. The maximum Gasteiger partial charge on any atom is 0.321 e. The van der Waals surface area contributed by atoms with Crippen LogP contribution in [0.1, 0.15) is 23.7 Å². The number of imide groups is 1. The standard InChI is InChI=1S/C19H25N5O2S/c1-14-13-27-19(21-14)24-10-6-9-23(11-12-24)16(15-7-4-3-5-8-15)17(25)22-18(26)20-2/h3-5,7-8,13,16H,6,9-12H2,1-2H3,(H2,20,22,25,26). The third-order valence-corrected chi connectivity index (χ3v) is 5.62. The van der Waals surface area contributed by atoms with Crippen molar-refractivity contribution in [3.05, 3.63) is 47.0 Å². The molecule has 27 heavy (non-hydrogen) atoms. The molecule has 3 amide bonds. The zero-order valence-corrected chi connectivity index (χ0v) is 16.5. The minimum Gasteiger partial charge on any atom is -0.347 e. The molecular weight excluding hydrogens is 362 g/mol. The molecule has 1 unspecified atom stereocenters. The highest BCUT2D eigenvalue weighted by Crippen LogP contribution is 2.26. The highest BCUT2D eigenvalue weighted by molar-refractivity contribution is 7.13. The summed E-state index contributed by atoms with van der Waals surface area (Å²) in [6.45, 7) is 5.20. The second kappa shape index (κ2) is 8.96. The fraction of sp³-hybridized carbons (Fsp3) is 0.421. The van der Waals surface area contributed by atoms with Gasteiger partial charge in [0.2, 0.25) is 5.91 Å². The van der Waals surface area contributed by atoms with Crippen molar-refractivity contribution in [1.29, 1.82) is 0 Å². The molecule has 2 aromatic rings. The predicted molar refractivity (Wildman–Crippen MR) is 107 cm³/mol. The van der Waals surface area contributed by atoms with Gasteiger partial charge in [-0.1, -0.05) is 30.3 Å². The molecule has 2 heterocycles. The lowest BCUT2D eigenvalue weighted by Crippen LogP contribution is -2.46. The van der Waals surface area contributed by atoms with Gasteiger partial charge in [0.15, 0.2) is 5.13 Å². The second-order valence-electron chi connectivity index (χ2n) is 6.53. The molecule has 0 bridgehead atoms. The summed E-state index contributed by atoms with van der Waals surface area (Å²) in [7, 11) is 1.50. The van der Waals surface area contributed by atoms with Crippen molar-refractivity contribution in [1.82, 2.24) is 20.5 Å². The second-order valence-corrected chi connectivity index (χ2v) is 7.37. The van der Waals surface area contributed by atoms with Gasteiger partial charge in [-0.2, -0.15) is 0 Å². The molecule has 0 radical (unpaired) electrons. The maximum atomic E-state index is 12.8. The summed E-state index contributed by atoms with van der Waals surface area (Å²) in [6, 6.07) is 8.63. The van der Waals surface area contributed by atoms with E-state index >= 15 is 0 Å². The lowest BCUT2D eigenvalue weighted by Gasteiger charge is -2.29. The average Bonchev–Trinajstić information content (AvgIpc) is 2.96. The van der Waals surface area contributed by atoms with Crippen LogP contribution in [0.15, 0.2) is 35.7 Å². The van der Waals surface area contributed by atoms with Crippen LogP contribution in [0.3, 0.4) is 0 Å². The van der Waals surface area contributed by atoms with Crippen molar-refractivity contribution < 1.29 is 9.59 Å². The Balaban J connectivity index is 1.77. The van der Waals surface area contributed by atoms with Crippen molar-refractivity contribution in [3.63, 3.8) is 0 Å². The van der Waals surface area contributed by atoms with Crippen LogP contribution >= 0.6 is 11.3 Å². The van der Waals surface area contributed by atoms with Gasteiger partial charge in [0, 0.05) is 38.6 Å². The van der Waals surface area contributed by atoms with Crippen LogP contribution < -0.4 is 15.5 Å². The molecule has 8 heteroatoms. The van der Waals surface area contributed by atoms with Crippen molar-refractivity contribution in [3.8, 4) is 0 Å². The van der Waals surface area contributed by atoms with Crippen molar-refractivity contribution in [2.75, 3.05) is 38.1 Å². The molecule has 0 spiro atoms. The number of carbonyl (C=O) groups is 2. The molecule has 7 nitrogen and oxygen atoms in total. The Kier molecular flexibility index (Phi) is 6.41. The van der Waals surface area contributed by atoms with E-state index in [2.05, 4.69) is 30.8 Å². The SMILES string of the molecule is CNC(=O)NC(=O)C(c1ccccc1)N1CCCN(c2nc(C)cs2)CC1. The predicted octanol–water partition coefficient (Wildman–Crippen LogP) is 2.16. The molecule has 1 atom stereocenters. The lowest BCUT2D eigenvalue weighted by atomic mass is 10.0. The quantitative estimate of drug-likeness (QED) is 0.841. The van der Waals surface area contributed by atoms with E-state index in [4.69, 9.17) is 0 Å². The summed E-state index contributed by atoms with van der Waals surface area (Å²) >= 11 is 1.65. The number of nitrogens with zero attached hydrogens (tertiary/aromatic N) is 3. The largest absolute Gasteiger partial charge is 0.347 e. The summed E-state index contributed by atoms with van der Waals surface area (Å²) in [5, 5.41) is 7.97. The van der Waals surface area contributed by atoms with E-state index in [0.29, 0.717) is 0 Å². The number of carbonyl (C=O) groups excluding carboxylic acids is 2. The van der Waals surface area contributed by atoms with Crippen LogP contribution in [0.4, 0.5) is 9.93 Å². The van der Waals surface area contributed by atoms with Crippen LogP contribution in [-0.2, 0) is 4.79 Å². The lowest BCUT2D eigenvalue weighted by molar-refractivity contribution is -0.125. The zero-order valence-electron chi connectivity index (χ0n) is 15.6. The summed E-state index contributed by atoms with van der Waals surface area (Å²) < 4.78 is 0. The molecule has 1 saturated heterocycles. The van der Waals surface area contributed by atoms with E-state index in [1.165, 1.54) is 7.05 Å². The van der Waals surface area contributed by atoms with E-state index < -0.39 is 12.1 Å². The third kappa shape index (κ3) is 4.84. The van der Waals surface area contributed by atoms with Crippen LogP contribution in [0, 0.1) is 6.92 Å². The van der Waals surface area contributed by atoms with E-state index in [-0.39, 0.29) is 5.91 Å². The van der Waals surface area contributed by atoms with E-state index in [1.807, 2.05) is 37.3 Å². The number of aryl methyl sites for hydroxylation is 1. The number of benzene rings is 1. The van der Waals surface area contributed by atoms with Crippen LogP contribution in [-0.4, -0.2) is 55.0 Å². The van der Waals surface area contributed by atoms with Crippen molar-refractivity contribution in [2.24, 2.45) is 0 Å². The number of rotatable bonds is 4. The average molecular weight is 388 g/mol. The smallest absolute Gasteiger partial charge is 0.321 e. The molecule has 1 aliphatic heterocycles. The molecule has 144 valence electrons. The number of hydrogen-bond donors (Lipinski definition) is 2. The summed E-state index contributed by atoms with van der Waals surface area (Å²) in [4.78, 5) is 33.5. The van der Waals surface area contributed by atoms with Gasteiger partial charge in [0.1, 0.15) is 6.04 Å². The topological polar surface area (TPSA) is 77.6 Å². The van der Waals surface area contributed by atoms with Gasteiger partial charge in [-0.3, -0.25) is 15.0 Å². The highest BCUT2D eigenvalue weighted by atomic mass is 32.1. The van der Waals surface area contributed by atoms with Gasteiger partial charge in [0.05, 0.1) is 5.69 Å². The van der Waals surface area contributed by atoms with Gasteiger partial charge < -0.3 is 10.2 Å². The molecular formula is C19H25N5O2S. The highest BCUT2D eigenvalue weighted by Gasteiger charge is 2.30. The zero-order chi connectivity index (χ0) is 19.2. The monoisotopic (exact) mass is 387 g/mol. The van der Waals surface area contributed by atoms with E-state index in [0.717, 1.165) is 49.0 Å². The molecule has 0 aliphatic carbocycles. The first-order valence-electron chi connectivity index (χ1n) is 9.07. The van der Waals surface area contributed by atoms with Gasteiger partial charge in [-0.25, -0.2) is 9.78 Å². The van der Waals surface area contributed by atoms with Gasteiger partial charge in [-0.05, 0) is 18.9 Å². The Morgan fingerprint density at radius 3 is 2.59 bits per heavy atom. The third-order valence-electron chi connectivity index (χ3n) is 4.60. The molecule has 1 aromatic heterocycles. The summed E-state index contributed by atoms with van der Waals surface area (Å²) in [5.74, 6) is -0.306. The number of anilines is 1. The number of hydrogen-bond acceptors (Lipinski definition) is 6. The first kappa shape index (κ1) is 19.3. The number of amides is 3. The molecule has 3 rings (SSSR count). The Hall–Kier alpha value is -2.45. The van der Waals surface area contributed by atoms with E-state index in [1.54, 1.807) is 11.3 Å². The number of urea groups is 1. The molecule has 0 saturated carbocycles. The fourth-order valence-corrected chi connectivity index (χ4v) is 4.14. The number of thiazole rings is 1. The molecule has 1 aromatic carbocycles. The number of nitrogens with one attached hydrogen (secondary N) is 2. The van der Waals surface area contributed by atoms with Crippen molar-refractivity contribution >= 4 is 28.4 Å². The minimum absolute atomic E-state index is 0.306. The first-order chi connectivity index (χ1) is 13.1. The van der Waals surface area contributed by atoms with Crippen LogP contribution in [0.25, 0.3) is 0 Å². The Morgan fingerprint density at radius 2 is 1.93 bits per heavy atom. The van der Waals surface area contributed by atoms with Gasteiger partial charge in [0.25, 0.3) is 0 Å². The first-order valence-corrected chi connectivity index (χ1v) is 9.95. The maximum absolute atomic E-state index is 12.8. The van der Waals surface area contributed by atoms with Gasteiger partial charge >= 0.3 is 6.03 Å². The Bertz CT molecular complexity index is 779. The van der Waals surface area contributed by atoms with E-state index in [9.17, 15) is 9.59 Å². The van der Waals surface area contributed by atoms with Crippen LogP contribution in [0.5, 0.6) is 0 Å². The van der Waals surface area contributed by atoms with Crippen LogP contribution in [0.2, 0.25) is 0 Å².